The van der Waals surface area contributed by atoms with Crippen LogP contribution in [0.2, 0.25) is 0 Å². The molecule has 0 spiro atoms. The van der Waals surface area contributed by atoms with Crippen molar-refractivity contribution in [1.82, 2.24) is 9.55 Å². The minimum absolute atomic E-state index is 0.205. The van der Waals surface area contributed by atoms with Crippen LogP contribution in [0.5, 0.6) is 0 Å². The highest BCUT2D eigenvalue weighted by Crippen LogP contribution is 2.17. The van der Waals surface area contributed by atoms with Crippen molar-refractivity contribution in [3.05, 3.63) is 12.4 Å². The van der Waals surface area contributed by atoms with Gasteiger partial charge in [0.25, 0.3) is 0 Å². The maximum Gasteiger partial charge on any atom is 0.311 e. The van der Waals surface area contributed by atoms with Gasteiger partial charge in [0.2, 0.25) is 5.95 Å². The fourth-order valence-electron chi connectivity index (χ4n) is 1.61. The summed E-state index contributed by atoms with van der Waals surface area (Å²) in [5, 5.41) is 12.0. The minimum atomic E-state index is -0.834. The molecule has 0 aromatic carbocycles. The molecule has 0 amide bonds. The lowest BCUT2D eigenvalue weighted by molar-refractivity contribution is -0.141. The van der Waals surface area contributed by atoms with E-state index in [0.717, 1.165) is 0 Å². The van der Waals surface area contributed by atoms with Crippen LogP contribution in [0.15, 0.2) is 12.4 Å². The Labute approximate surface area is 86.9 Å². The predicted molar refractivity (Wildman–Crippen MR) is 52.6 cm³/mol. The molecule has 82 valence electrons. The van der Waals surface area contributed by atoms with Gasteiger partial charge in [-0.2, -0.15) is 0 Å². The van der Waals surface area contributed by atoms with Crippen LogP contribution >= 0.6 is 0 Å². The van der Waals surface area contributed by atoms with E-state index in [0.29, 0.717) is 12.6 Å². The highest BCUT2D eigenvalue weighted by molar-refractivity contribution is 5.72. The van der Waals surface area contributed by atoms with Gasteiger partial charge in [0.15, 0.2) is 0 Å². The first-order valence-corrected chi connectivity index (χ1v) is 4.73. The number of rotatable bonds is 3. The van der Waals surface area contributed by atoms with Crippen LogP contribution in [0.4, 0.5) is 5.95 Å². The molecule has 0 bridgehead atoms. The Balaban J connectivity index is 2.06. The molecule has 1 aliphatic rings. The second-order valence-corrected chi connectivity index (χ2v) is 3.59. The molecule has 6 nitrogen and oxygen atoms in total. The molecule has 1 aromatic heterocycles. The standard InChI is InChI=1S/C9H13N3O3/c1-12-3-2-10-9(12)11-7-5-15-4-6(7)8(13)14/h2-3,6-7H,4-5H2,1H3,(H,10,11)(H,13,14). The van der Waals surface area contributed by atoms with Gasteiger partial charge in [0, 0.05) is 19.4 Å². The molecule has 0 aliphatic carbocycles. The van der Waals surface area contributed by atoms with Crippen LogP contribution < -0.4 is 5.32 Å². The summed E-state index contributed by atoms with van der Waals surface area (Å²) in [5.74, 6) is -0.669. The molecule has 1 fully saturated rings. The van der Waals surface area contributed by atoms with E-state index in [1.165, 1.54) is 0 Å². The van der Waals surface area contributed by atoms with E-state index >= 15 is 0 Å². The number of hydrogen-bond donors (Lipinski definition) is 2. The fraction of sp³-hybridized carbons (Fsp3) is 0.556. The lowest BCUT2D eigenvalue weighted by atomic mass is 10.0. The third-order valence-corrected chi connectivity index (χ3v) is 2.53. The van der Waals surface area contributed by atoms with Crippen molar-refractivity contribution in [2.45, 2.75) is 6.04 Å². The van der Waals surface area contributed by atoms with E-state index in [1.54, 1.807) is 17.0 Å². The first-order valence-electron chi connectivity index (χ1n) is 4.73. The number of carboxylic acids is 1. The lowest BCUT2D eigenvalue weighted by Gasteiger charge is -2.15. The van der Waals surface area contributed by atoms with Gasteiger partial charge in [-0.05, 0) is 0 Å². The number of anilines is 1. The average Bonchev–Trinajstić information content (AvgIpc) is 2.77. The summed E-state index contributed by atoms with van der Waals surface area (Å²) in [7, 11) is 1.85. The zero-order valence-electron chi connectivity index (χ0n) is 8.38. The van der Waals surface area contributed by atoms with Gasteiger partial charge in [0.05, 0.1) is 19.3 Å². The molecule has 0 radical (unpaired) electrons. The van der Waals surface area contributed by atoms with Gasteiger partial charge in [0.1, 0.15) is 5.92 Å². The largest absolute Gasteiger partial charge is 0.481 e. The van der Waals surface area contributed by atoms with Crippen LogP contribution in [-0.4, -0.2) is 39.9 Å². The summed E-state index contributed by atoms with van der Waals surface area (Å²) in [6, 6.07) is -0.205. The van der Waals surface area contributed by atoms with E-state index in [9.17, 15) is 4.79 Å². The van der Waals surface area contributed by atoms with E-state index in [4.69, 9.17) is 9.84 Å². The number of ether oxygens (including phenoxy) is 1. The Bertz CT molecular complexity index is 363. The van der Waals surface area contributed by atoms with Crippen molar-refractivity contribution in [3.8, 4) is 0 Å². The molecule has 2 unspecified atom stereocenters. The quantitative estimate of drug-likeness (QED) is 0.732. The second kappa shape index (κ2) is 3.90. The highest BCUT2D eigenvalue weighted by atomic mass is 16.5. The first kappa shape index (κ1) is 9.97. The number of carbonyl (C=O) groups is 1. The number of aryl methyl sites for hydroxylation is 1. The van der Waals surface area contributed by atoms with E-state index in [-0.39, 0.29) is 12.6 Å². The molecule has 2 rings (SSSR count). The molecule has 2 heterocycles. The van der Waals surface area contributed by atoms with Crippen LogP contribution in [0.25, 0.3) is 0 Å². The van der Waals surface area contributed by atoms with Crippen LogP contribution in [-0.2, 0) is 16.6 Å². The number of carboxylic acid groups (broad SMARTS) is 1. The van der Waals surface area contributed by atoms with Crippen molar-refractivity contribution < 1.29 is 14.6 Å². The number of nitrogens with one attached hydrogen (secondary N) is 1. The Morgan fingerprint density at radius 2 is 2.53 bits per heavy atom. The summed E-state index contributed by atoms with van der Waals surface area (Å²) in [6.45, 7) is 0.668. The molecule has 6 heteroatoms. The average molecular weight is 211 g/mol. The highest BCUT2D eigenvalue weighted by Gasteiger charge is 2.34. The van der Waals surface area contributed by atoms with Crippen molar-refractivity contribution >= 4 is 11.9 Å². The van der Waals surface area contributed by atoms with Gasteiger partial charge < -0.3 is 19.7 Å². The van der Waals surface area contributed by atoms with Gasteiger partial charge in [-0.3, -0.25) is 4.79 Å². The van der Waals surface area contributed by atoms with Gasteiger partial charge in [-0.25, -0.2) is 4.98 Å². The molecular weight excluding hydrogens is 198 g/mol. The first-order chi connectivity index (χ1) is 7.18. The Kier molecular flexibility index (Phi) is 2.59. The van der Waals surface area contributed by atoms with E-state index in [1.807, 2.05) is 7.05 Å². The normalized spacial score (nSPS) is 25.4. The van der Waals surface area contributed by atoms with Crippen molar-refractivity contribution in [2.24, 2.45) is 13.0 Å². The summed E-state index contributed by atoms with van der Waals surface area (Å²) in [4.78, 5) is 15.0. The monoisotopic (exact) mass is 211 g/mol. The second-order valence-electron chi connectivity index (χ2n) is 3.59. The topological polar surface area (TPSA) is 76.4 Å². The van der Waals surface area contributed by atoms with E-state index < -0.39 is 11.9 Å². The van der Waals surface area contributed by atoms with Crippen molar-refractivity contribution in [1.29, 1.82) is 0 Å². The SMILES string of the molecule is Cn1ccnc1NC1COCC1C(=O)O. The minimum Gasteiger partial charge on any atom is -0.481 e. The zero-order valence-corrected chi connectivity index (χ0v) is 8.38. The molecule has 15 heavy (non-hydrogen) atoms. The Morgan fingerprint density at radius 1 is 1.73 bits per heavy atom. The zero-order chi connectivity index (χ0) is 10.8. The van der Waals surface area contributed by atoms with Gasteiger partial charge in [-0.15, -0.1) is 0 Å². The molecular formula is C9H13N3O3. The molecule has 2 N–H and O–H groups in total. The third-order valence-electron chi connectivity index (χ3n) is 2.53. The molecule has 2 atom stereocenters. The summed E-state index contributed by atoms with van der Waals surface area (Å²) in [5.41, 5.74) is 0. The van der Waals surface area contributed by atoms with Crippen molar-refractivity contribution in [3.63, 3.8) is 0 Å². The lowest BCUT2D eigenvalue weighted by Crippen LogP contribution is -2.34. The third kappa shape index (κ3) is 1.94. The number of imidazole rings is 1. The molecule has 1 aromatic rings. The Hall–Kier alpha value is -1.56. The van der Waals surface area contributed by atoms with Crippen LogP contribution in [0, 0.1) is 5.92 Å². The number of nitrogens with zero attached hydrogens (tertiary/aromatic N) is 2. The molecule has 1 saturated heterocycles. The molecule has 0 saturated carbocycles. The summed E-state index contributed by atoms with van der Waals surface area (Å²) >= 11 is 0. The van der Waals surface area contributed by atoms with Crippen LogP contribution in [0.3, 0.4) is 0 Å². The maximum atomic E-state index is 10.9. The predicted octanol–water partition coefficient (Wildman–Crippen LogP) is -0.0684. The number of aromatic nitrogens is 2. The van der Waals surface area contributed by atoms with Gasteiger partial charge >= 0.3 is 5.97 Å². The van der Waals surface area contributed by atoms with Crippen LogP contribution in [0.1, 0.15) is 0 Å². The fourth-order valence-corrected chi connectivity index (χ4v) is 1.61. The smallest absolute Gasteiger partial charge is 0.311 e. The van der Waals surface area contributed by atoms with E-state index in [2.05, 4.69) is 10.3 Å². The van der Waals surface area contributed by atoms with Gasteiger partial charge in [-0.1, -0.05) is 0 Å². The number of hydrogen-bond acceptors (Lipinski definition) is 4. The maximum absolute atomic E-state index is 10.9. The Morgan fingerprint density at radius 3 is 3.13 bits per heavy atom. The van der Waals surface area contributed by atoms with Crippen molar-refractivity contribution in [2.75, 3.05) is 18.5 Å². The number of aliphatic carboxylic acids is 1. The molecule has 1 aliphatic heterocycles. The summed E-state index contributed by atoms with van der Waals surface area (Å²) in [6.07, 6.45) is 3.46. The summed E-state index contributed by atoms with van der Waals surface area (Å²) < 4.78 is 6.94.